The quantitative estimate of drug-likeness (QED) is 0.866. The summed E-state index contributed by atoms with van der Waals surface area (Å²) in [5, 5.41) is 0.529. The summed E-state index contributed by atoms with van der Waals surface area (Å²) in [5.74, 6) is 0.218. The van der Waals surface area contributed by atoms with Crippen LogP contribution in [0.5, 0.6) is 0 Å². The molecule has 0 atom stereocenters. The maximum atomic E-state index is 11.9. The van der Waals surface area contributed by atoms with Crippen molar-refractivity contribution in [1.82, 2.24) is 14.5 Å². The van der Waals surface area contributed by atoms with Gasteiger partial charge in [-0.25, -0.2) is 14.2 Å². The minimum absolute atomic E-state index is 0.218. The van der Waals surface area contributed by atoms with Gasteiger partial charge in [-0.3, -0.25) is 4.98 Å². The fraction of sp³-hybridized carbons (Fsp3) is 0.182. The summed E-state index contributed by atoms with van der Waals surface area (Å²) < 4.78 is 0.948. The van der Waals surface area contributed by atoms with Crippen LogP contribution in [0.3, 0.4) is 0 Å². The number of H-pyrrole nitrogens is 1. The SMILES string of the molecule is CN(C)c1nc(=O)n(-c2ccc(Cl)cc2)c(=O)[nH]1. The van der Waals surface area contributed by atoms with Crippen molar-refractivity contribution in [2.45, 2.75) is 0 Å². The lowest BCUT2D eigenvalue weighted by molar-refractivity contribution is 0.795. The van der Waals surface area contributed by atoms with E-state index in [-0.39, 0.29) is 5.95 Å². The van der Waals surface area contributed by atoms with Crippen LogP contribution < -0.4 is 16.3 Å². The third-order valence-corrected chi connectivity index (χ3v) is 2.58. The van der Waals surface area contributed by atoms with E-state index in [1.165, 1.54) is 0 Å². The molecule has 0 unspecified atom stereocenters. The maximum absolute atomic E-state index is 11.9. The number of nitrogens with one attached hydrogen (secondary N) is 1. The number of hydrogen-bond donors (Lipinski definition) is 1. The van der Waals surface area contributed by atoms with E-state index in [0.717, 1.165) is 4.57 Å². The molecule has 0 radical (unpaired) electrons. The zero-order valence-corrected chi connectivity index (χ0v) is 10.6. The fourth-order valence-electron chi connectivity index (χ4n) is 1.44. The van der Waals surface area contributed by atoms with Gasteiger partial charge in [-0.2, -0.15) is 4.98 Å². The first-order chi connectivity index (χ1) is 8.49. The number of rotatable bonds is 2. The van der Waals surface area contributed by atoms with Crippen LogP contribution in [0.25, 0.3) is 5.69 Å². The summed E-state index contributed by atoms with van der Waals surface area (Å²) in [5.41, 5.74) is -0.755. The van der Waals surface area contributed by atoms with Crippen LogP contribution in [0.2, 0.25) is 5.02 Å². The van der Waals surface area contributed by atoms with Crippen LogP contribution in [0.1, 0.15) is 0 Å². The number of nitrogens with zero attached hydrogens (tertiary/aromatic N) is 3. The Balaban J connectivity index is 2.63. The molecule has 94 valence electrons. The van der Waals surface area contributed by atoms with Gasteiger partial charge in [-0.05, 0) is 24.3 Å². The molecule has 2 aromatic rings. The summed E-state index contributed by atoms with van der Waals surface area (Å²) in [7, 11) is 3.37. The molecule has 1 aromatic carbocycles. The Bertz CT molecular complexity index is 641. The molecular weight excluding hydrogens is 256 g/mol. The van der Waals surface area contributed by atoms with Crippen molar-refractivity contribution < 1.29 is 0 Å². The van der Waals surface area contributed by atoms with E-state index in [2.05, 4.69) is 9.97 Å². The second-order valence-corrected chi connectivity index (χ2v) is 4.29. The second-order valence-electron chi connectivity index (χ2n) is 3.85. The van der Waals surface area contributed by atoms with Crippen LogP contribution >= 0.6 is 11.6 Å². The van der Waals surface area contributed by atoms with Gasteiger partial charge in [0.25, 0.3) is 0 Å². The fourth-order valence-corrected chi connectivity index (χ4v) is 1.56. The van der Waals surface area contributed by atoms with Crippen LogP contribution in [-0.2, 0) is 0 Å². The Morgan fingerprint density at radius 3 is 2.33 bits per heavy atom. The molecule has 0 saturated heterocycles. The Morgan fingerprint density at radius 1 is 1.22 bits per heavy atom. The standard InChI is InChI=1S/C11H11ClN4O2/c1-15(2)9-13-10(17)16(11(18)14-9)8-5-3-7(12)4-6-8/h3-6H,1-2H3,(H,13,14,17,18). The van der Waals surface area contributed by atoms with E-state index < -0.39 is 11.4 Å². The first-order valence-electron chi connectivity index (χ1n) is 5.15. The molecule has 7 heteroatoms. The summed E-state index contributed by atoms with van der Waals surface area (Å²) in [6.07, 6.45) is 0. The molecule has 1 aromatic heterocycles. The van der Waals surface area contributed by atoms with Crippen LogP contribution in [0, 0.1) is 0 Å². The van der Waals surface area contributed by atoms with Gasteiger partial charge >= 0.3 is 11.4 Å². The van der Waals surface area contributed by atoms with E-state index in [0.29, 0.717) is 10.7 Å². The molecule has 0 amide bonds. The lowest BCUT2D eigenvalue weighted by Gasteiger charge is -2.11. The molecule has 0 saturated carbocycles. The molecule has 0 aliphatic carbocycles. The Hall–Kier alpha value is -2.08. The first-order valence-corrected chi connectivity index (χ1v) is 5.53. The van der Waals surface area contributed by atoms with Gasteiger partial charge < -0.3 is 4.90 Å². The second kappa shape index (κ2) is 4.66. The molecule has 0 spiro atoms. The van der Waals surface area contributed by atoms with Gasteiger partial charge in [0, 0.05) is 19.1 Å². The highest BCUT2D eigenvalue weighted by atomic mass is 35.5. The predicted molar refractivity (Wildman–Crippen MR) is 69.8 cm³/mol. The zero-order chi connectivity index (χ0) is 13.3. The summed E-state index contributed by atoms with van der Waals surface area (Å²) in [6, 6.07) is 6.36. The molecule has 18 heavy (non-hydrogen) atoms. The number of anilines is 1. The van der Waals surface area contributed by atoms with Gasteiger partial charge in [0.1, 0.15) is 0 Å². The van der Waals surface area contributed by atoms with Gasteiger partial charge in [-0.1, -0.05) is 11.6 Å². The van der Waals surface area contributed by atoms with Crippen molar-refractivity contribution in [3.05, 3.63) is 50.3 Å². The molecule has 6 nitrogen and oxygen atoms in total. The lowest BCUT2D eigenvalue weighted by Crippen LogP contribution is -2.37. The van der Waals surface area contributed by atoms with Gasteiger partial charge in [0.15, 0.2) is 0 Å². The van der Waals surface area contributed by atoms with Gasteiger partial charge in [-0.15, -0.1) is 0 Å². The van der Waals surface area contributed by atoms with Crippen molar-refractivity contribution in [2.24, 2.45) is 0 Å². The third-order valence-electron chi connectivity index (χ3n) is 2.32. The Morgan fingerprint density at radius 2 is 1.83 bits per heavy atom. The smallest absolute Gasteiger partial charge is 0.348 e. The average molecular weight is 267 g/mol. The molecule has 0 fully saturated rings. The lowest BCUT2D eigenvalue weighted by atomic mass is 10.3. The summed E-state index contributed by atoms with van der Waals surface area (Å²) in [4.78, 5) is 31.5. The molecule has 1 heterocycles. The van der Waals surface area contributed by atoms with E-state index in [4.69, 9.17) is 11.6 Å². The molecule has 2 rings (SSSR count). The normalized spacial score (nSPS) is 10.4. The summed E-state index contributed by atoms with van der Waals surface area (Å²) >= 11 is 5.75. The van der Waals surface area contributed by atoms with Crippen LogP contribution in [0.15, 0.2) is 33.9 Å². The summed E-state index contributed by atoms with van der Waals surface area (Å²) in [6.45, 7) is 0. The van der Waals surface area contributed by atoms with Crippen molar-refractivity contribution in [2.75, 3.05) is 19.0 Å². The molecule has 1 N–H and O–H groups in total. The monoisotopic (exact) mass is 266 g/mol. The van der Waals surface area contributed by atoms with Crippen LogP contribution in [0.4, 0.5) is 5.95 Å². The topological polar surface area (TPSA) is 71.0 Å². The van der Waals surface area contributed by atoms with E-state index >= 15 is 0 Å². The largest absolute Gasteiger partial charge is 0.359 e. The van der Waals surface area contributed by atoms with Gasteiger partial charge in [0.05, 0.1) is 5.69 Å². The maximum Gasteiger partial charge on any atom is 0.359 e. The highest BCUT2D eigenvalue weighted by Crippen LogP contribution is 2.10. The van der Waals surface area contributed by atoms with Crippen LogP contribution in [-0.4, -0.2) is 28.6 Å². The minimum Gasteiger partial charge on any atom is -0.348 e. The van der Waals surface area contributed by atoms with Crippen molar-refractivity contribution >= 4 is 17.5 Å². The molecule has 0 aliphatic rings. The predicted octanol–water partition coefficient (Wildman–Crippen LogP) is 0.640. The number of benzene rings is 1. The highest BCUT2D eigenvalue weighted by molar-refractivity contribution is 6.30. The number of halogens is 1. The first kappa shape index (κ1) is 12.4. The van der Waals surface area contributed by atoms with E-state index in [1.54, 1.807) is 43.3 Å². The van der Waals surface area contributed by atoms with E-state index in [9.17, 15) is 9.59 Å². The molecule has 0 bridgehead atoms. The molecular formula is C11H11ClN4O2. The van der Waals surface area contributed by atoms with Crippen molar-refractivity contribution in [3.63, 3.8) is 0 Å². The third kappa shape index (κ3) is 2.28. The Labute approximate surface area is 107 Å². The highest BCUT2D eigenvalue weighted by Gasteiger charge is 2.08. The van der Waals surface area contributed by atoms with E-state index in [1.807, 2.05) is 0 Å². The molecule has 0 aliphatic heterocycles. The number of hydrogen-bond acceptors (Lipinski definition) is 4. The minimum atomic E-state index is -0.634. The number of aromatic amines is 1. The van der Waals surface area contributed by atoms with Gasteiger partial charge in [0.2, 0.25) is 5.95 Å². The van der Waals surface area contributed by atoms with Crippen molar-refractivity contribution in [3.8, 4) is 5.69 Å². The average Bonchev–Trinajstić information content (AvgIpc) is 2.30. The Kier molecular flexibility index (Phi) is 3.20. The number of aromatic nitrogens is 3. The van der Waals surface area contributed by atoms with Crippen molar-refractivity contribution in [1.29, 1.82) is 0 Å². The zero-order valence-electron chi connectivity index (χ0n) is 9.85.